The second-order valence-corrected chi connectivity index (χ2v) is 3.43. The molecule has 0 fully saturated rings. The number of hydrogen-bond acceptors (Lipinski definition) is 4. The normalized spacial score (nSPS) is 11.9. The van der Waals surface area contributed by atoms with E-state index in [1.54, 1.807) is 18.2 Å². The van der Waals surface area contributed by atoms with E-state index in [-0.39, 0.29) is 6.54 Å². The fourth-order valence-corrected chi connectivity index (χ4v) is 1.67. The molecule has 0 saturated carbocycles. The third-order valence-corrected chi connectivity index (χ3v) is 2.43. The summed E-state index contributed by atoms with van der Waals surface area (Å²) < 4.78 is 10.6. The monoisotopic (exact) mass is 239 g/mol. The molecule has 0 aromatic heterocycles. The third-order valence-electron chi connectivity index (χ3n) is 2.43. The van der Waals surface area contributed by atoms with Gasteiger partial charge in [-0.15, -0.1) is 0 Å². The van der Waals surface area contributed by atoms with Crippen LogP contribution in [0.25, 0.3) is 0 Å². The minimum atomic E-state index is -0.988. The molecule has 0 heterocycles. The van der Waals surface area contributed by atoms with Crippen LogP contribution in [0.4, 0.5) is 0 Å². The number of rotatable bonds is 6. The van der Waals surface area contributed by atoms with Crippen molar-refractivity contribution in [2.24, 2.45) is 5.73 Å². The van der Waals surface area contributed by atoms with Crippen molar-refractivity contribution in [3.05, 3.63) is 23.8 Å². The van der Waals surface area contributed by atoms with Crippen molar-refractivity contribution in [3.8, 4) is 11.5 Å². The highest BCUT2D eigenvalue weighted by molar-refractivity contribution is 5.79. The van der Waals surface area contributed by atoms with Crippen molar-refractivity contribution in [1.29, 1.82) is 0 Å². The highest BCUT2D eigenvalue weighted by atomic mass is 16.5. The van der Waals surface area contributed by atoms with E-state index in [1.807, 2.05) is 6.92 Å². The van der Waals surface area contributed by atoms with Crippen LogP contribution < -0.4 is 15.2 Å². The lowest BCUT2D eigenvalue weighted by molar-refractivity contribution is -0.138. The molecule has 0 saturated heterocycles. The average Bonchev–Trinajstić information content (AvgIpc) is 2.31. The number of benzene rings is 1. The summed E-state index contributed by atoms with van der Waals surface area (Å²) in [4.78, 5) is 11.2. The molecule has 1 unspecified atom stereocenters. The topological polar surface area (TPSA) is 81.8 Å². The average molecular weight is 239 g/mol. The highest BCUT2D eigenvalue weighted by Crippen LogP contribution is 2.35. The lowest BCUT2D eigenvalue weighted by Crippen LogP contribution is -2.22. The molecule has 0 amide bonds. The summed E-state index contributed by atoms with van der Waals surface area (Å²) in [6.45, 7) is 2.29. The molecule has 1 aromatic carbocycles. The van der Waals surface area contributed by atoms with Gasteiger partial charge in [0, 0.05) is 6.54 Å². The van der Waals surface area contributed by atoms with Crippen LogP contribution in [0.5, 0.6) is 11.5 Å². The molecule has 0 aliphatic heterocycles. The van der Waals surface area contributed by atoms with E-state index in [9.17, 15) is 4.79 Å². The van der Waals surface area contributed by atoms with Crippen molar-refractivity contribution < 1.29 is 19.4 Å². The van der Waals surface area contributed by atoms with Gasteiger partial charge in [-0.1, -0.05) is 6.07 Å². The zero-order valence-electron chi connectivity index (χ0n) is 9.97. The first-order valence-corrected chi connectivity index (χ1v) is 5.38. The van der Waals surface area contributed by atoms with Crippen LogP contribution in [0.2, 0.25) is 0 Å². The summed E-state index contributed by atoms with van der Waals surface area (Å²) >= 11 is 0. The van der Waals surface area contributed by atoms with Crippen molar-refractivity contribution in [1.82, 2.24) is 0 Å². The SMILES string of the molecule is CCOc1cccc(OC)c1C(CN)C(=O)O. The molecular formula is C12H17NO4. The van der Waals surface area contributed by atoms with Crippen molar-refractivity contribution in [2.45, 2.75) is 12.8 Å². The van der Waals surface area contributed by atoms with Crippen molar-refractivity contribution in [2.75, 3.05) is 20.3 Å². The Labute approximate surface area is 100 Å². The summed E-state index contributed by atoms with van der Waals surface area (Å²) in [7, 11) is 1.49. The maximum atomic E-state index is 11.2. The van der Waals surface area contributed by atoms with Crippen LogP contribution in [0.15, 0.2) is 18.2 Å². The van der Waals surface area contributed by atoms with Crippen LogP contribution in [0, 0.1) is 0 Å². The molecular weight excluding hydrogens is 222 g/mol. The summed E-state index contributed by atoms with van der Waals surface area (Å²) in [6, 6.07) is 5.17. The molecule has 1 atom stereocenters. The lowest BCUT2D eigenvalue weighted by Gasteiger charge is -2.18. The van der Waals surface area contributed by atoms with E-state index in [2.05, 4.69) is 0 Å². The number of aliphatic carboxylic acids is 1. The van der Waals surface area contributed by atoms with Crippen molar-refractivity contribution >= 4 is 5.97 Å². The van der Waals surface area contributed by atoms with Gasteiger partial charge in [0.15, 0.2) is 0 Å². The van der Waals surface area contributed by atoms with Crippen LogP contribution in [0.1, 0.15) is 18.4 Å². The number of ether oxygens (including phenoxy) is 2. The summed E-state index contributed by atoms with van der Waals surface area (Å²) in [6.07, 6.45) is 0. The molecule has 5 heteroatoms. The van der Waals surface area contributed by atoms with Gasteiger partial charge < -0.3 is 20.3 Å². The molecule has 0 aliphatic carbocycles. The zero-order chi connectivity index (χ0) is 12.8. The first-order valence-electron chi connectivity index (χ1n) is 5.38. The Bertz CT molecular complexity index is 392. The van der Waals surface area contributed by atoms with Gasteiger partial charge in [-0.05, 0) is 19.1 Å². The molecule has 1 aromatic rings. The predicted octanol–water partition coefficient (Wildman–Crippen LogP) is 1.22. The molecule has 0 bridgehead atoms. The fourth-order valence-electron chi connectivity index (χ4n) is 1.67. The van der Waals surface area contributed by atoms with E-state index < -0.39 is 11.9 Å². The Morgan fingerprint density at radius 2 is 2.12 bits per heavy atom. The molecule has 17 heavy (non-hydrogen) atoms. The summed E-state index contributed by atoms with van der Waals surface area (Å²) in [5, 5.41) is 9.15. The Kier molecular flexibility index (Phi) is 4.78. The van der Waals surface area contributed by atoms with Gasteiger partial charge in [-0.25, -0.2) is 0 Å². The quantitative estimate of drug-likeness (QED) is 0.780. The van der Waals surface area contributed by atoms with Crippen LogP contribution >= 0.6 is 0 Å². The number of carbonyl (C=O) groups is 1. The maximum Gasteiger partial charge on any atom is 0.312 e. The number of carboxylic acid groups (broad SMARTS) is 1. The third kappa shape index (κ3) is 2.88. The second-order valence-electron chi connectivity index (χ2n) is 3.43. The smallest absolute Gasteiger partial charge is 0.312 e. The van der Waals surface area contributed by atoms with Gasteiger partial charge in [0.2, 0.25) is 0 Å². The summed E-state index contributed by atoms with van der Waals surface area (Å²) in [5.74, 6) is -0.829. The molecule has 5 nitrogen and oxygen atoms in total. The van der Waals surface area contributed by atoms with Crippen LogP contribution in [-0.4, -0.2) is 31.3 Å². The van der Waals surface area contributed by atoms with Gasteiger partial charge >= 0.3 is 5.97 Å². The lowest BCUT2D eigenvalue weighted by atomic mass is 9.97. The van der Waals surface area contributed by atoms with Gasteiger partial charge in [0.05, 0.1) is 19.3 Å². The van der Waals surface area contributed by atoms with Gasteiger partial charge in [0.25, 0.3) is 0 Å². The fraction of sp³-hybridized carbons (Fsp3) is 0.417. The first-order chi connectivity index (χ1) is 8.15. The number of hydrogen-bond donors (Lipinski definition) is 2. The molecule has 0 aliphatic rings. The Morgan fingerprint density at radius 3 is 2.59 bits per heavy atom. The number of nitrogens with two attached hydrogens (primary N) is 1. The molecule has 1 rings (SSSR count). The molecule has 94 valence electrons. The first kappa shape index (κ1) is 13.3. The highest BCUT2D eigenvalue weighted by Gasteiger charge is 2.25. The van der Waals surface area contributed by atoms with Crippen molar-refractivity contribution in [3.63, 3.8) is 0 Å². The minimum absolute atomic E-state index is 0.00419. The van der Waals surface area contributed by atoms with E-state index in [4.69, 9.17) is 20.3 Å². The van der Waals surface area contributed by atoms with E-state index in [0.717, 1.165) is 0 Å². The van der Waals surface area contributed by atoms with Gasteiger partial charge in [0.1, 0.15) is 17.4 Å². The maximum absolute atomic E-state index is 11.2. The predicted molar refractivity (Wildman–Crippen MR) is 63.6 cm³/mol. The van der Waals surface area contributed by atoms with E-state index >= 15 is 0 Å². The molecule has 0 spiro atoms. The number of methoxy groups -OCH3 is 1. The Morgan fingerprint density at radius 1 is 1.47 bits per heavy atom. The number of carboxylic acids is 1. The standard InChI is InChI=1S/C12H17NO4/c1-3-17-10-6-4-5-9(16-2)11(10)8(7-13)12(14)15/h4-6,8H,3,7,13H2,1-2H3,(H,14,15). The zero-order valence-corrected chi connectivity index (χ0v) is 9.97. The largest absolute Gasteiger partial charge is 0.496 e. The van der Waals surface area contributed by atoms with Crippen LogP contribution in [0.3, 0.4) is 0 Å². The Hall–Kier alpha value is -1.75. The van der Waals surface area contributed by atoms with E-state index in [1.165, 1.54) is 7.11 Å². The summed E-state index contributed by atoms with van der Waals surface area (Å²) in [5.41, 5.74) is 5.99. The van der Waals surface area contributed by atoms with Crippen LogP contribution in [-0.2, 0) is 4.79 Å². The second kappa shape index (κ2) is 6.10. The molecule has 0 radical (unpaired) electrons. The van der Waals surface area contributed by atoms with Gasteiger partial charge in [-0.2, -0.15) is 0 Å². The van der Waals surface area contributed by atoms with Gasteiger partial charge in [-0.3, -0.25) is 4.79 Å². The van der Waals surface area contributed by atoms with E-state index in [0.29, 0.717) is 23.7 Å². The Balaban J connectivity index is 3.28. The molecule has 3 N–H and O–H groups in total. The minimum Gasteiger partial charge on any atom is -0.496 e.